The van der Waals surface area contributed by atoms with E-state index in [1.807, 2.05) is 109 Å². The lowest BCUT2D eigenvalue weighted by atomic mass is 9.67. The van der Waals surface area contributed by atoms with Gasteiger partial charge in [-0.15, -0.1) is 0 Å². The summed E-state index contributed by atoms with van der Waals surface area (Å²) in [4.78, 5) is 2.40. The van der Waals surface area contributed by atoms with Crippen molar-refractivity contribution in [2.45, 2.75) is 31.6 Å². The second-order valence-electron chi connectivity index (χ2n) is 23.5. The Kier molecular flexibility index (Phi) is 14.1. The molecule has 424 valence electrons. The summed E-state index contributed by atoms with van der Waals surface area (Å²) in [5, 5.41) is 2.18. The van der Waals surface area contributed by atoms with E-state index in [9.17, 15) is 0 Å². The van der Waals surface area contributed by atoms with Crippen LogP contribution in [0, 0.1) is 0 Å². The van der Waals surface area contributed by atoms with Crippen molar-refractivity contribution in [2.24, 2.45) is 0 Å². The molecule has 13 aromatic rings. The molecule has 0 aliphatic heterocycles. The first-order chi connectivity index (χ1) is 43.0. The molecule has 14 rings (SSSR count). The van der Waals surface area contributed by atoms with Crippen molar-refractivity contribution in [2.75, 3.05) is 4.90 Å². The van der Waals surface area contributed by atoms with E-state index in [1.54, 1.807) is 0 Å². The summed E-state index contributed by atoms with van der Waals surface area (Å²) in [7, 11) is 0. The van der Waals surface area contributed by atoms with Crippen LogP contribution in [0.1, 0.15) is 65.3 Å². The summed E-state index contributed by atoms with van der Waals surface area (Å²) in [5.74, 6) is 4.56. The van der Waals surface area contributed by atoms with Gasteiger partial charge in [-0.2, -0.15) is 0 Å². The number of nitrogens with zero attached hydrogens (tertiary/aromatic N) is 2. The highest BCUT2D eigenvalue weighted by Crippen LogP contribution is 2.57. The molecule has 0 bridgehead atoms. The van der Waals surface area contributed by atoms with E-state index in [2.05, 4.69) is 238 Å². The fourth-order valence-electron chi connectivity index (χ4n) is 12.6. The van der Waals surface area contributed by atoms with E-state index in [-0.39, 0.29) is 5.41 Å². The summed E-state index contributed by atoms with van der Waals surface area (Å²) >= 11 is 0. The largest absolute Gasteiger partial charge is 0.457 e. The minimum Gasteiger partial charge on any atom is -0.457 e. The van der Waals surface area contributed by atoms with Crippen molar-refractivity contribution < 1.29 is 14.2 Å². The van der Waals surface area contributed by atoms with Crippen molar-refractivity contribution in [3.05, 3.63) is 343 Å². The zero-order valence-electron chi connectivity index (χ0n) is 49.5. The fourth-order valence-corrected chi connectivity index (χ4v) is 12.6. The Morgan fingerprint density at radius 3 is 1.35 bits per heavy atom. The minimum absolute atomic E-state index is 0.0189. The van der Waals surface area contributed by atoms with Crippen LogP contribution < -0.4 is 19.1 Å². The van der Waals surface area contributed by atoms with E-state index >= 15 is 0 Å². The van der Waals surface area contributed by atoms with E-state index in [0.717, 1.165) is 112 Å². The van der Waals surface area contributed by atoms with Crippen LogP contribution in [-0.4, -0.2) is 4.57 Å². The molecule has 0 N–H and O–H groups in total. The number of anilines is 3. The predicted octanol–water partition coefficient (Wildman–Crippen LogP) is 22.9. The minimum atomic E-state index is -0.651. The van der Waals surface area contributed by atoms with Crippen LogP contribution in [0.2, 0.25) is 0 Å². The lowest BCUT2D eigenvalue weighted by molar-refractivity contribution is 0.482. The Morgan fingerprint density at radius 2 is 0.795 bits per heavy atom. The average Bonchev–Trinajstić information content (AvgIpc) is 1.71. The van der Waals surface area contributed by atoms with Crippen LogP contribution in [0.3, 0.4) is 0 Å². The highest BCUT2D eigenvalue weighted by molar-refractivity contribution is 6.11. The molecule has 1 aliphatic rings. The molecule has 0 saturated carbocycles. The quantitative estimate of drug-likeness (QED) is 0.0966. The number of aromatic nitrogens is 1. The van der Waals surface area contributed by atoms with Crippen molar-refractivity contribution >= 4 is 57.1 Å². The van der Waals surface area contributed by atoms with Crippen molar-refractivity contribution in [1.29, 1.82) is 0 Å². The van der Waals surface area contributed by atoms with Crippen molar-refractivity contribution in [3.8, 4) is 62.4 Å². The third kappa shape index (κ3) is 10.1. The summed E-state index contributed by atoms with van der Waals surface area (Å²) in [6.07, 6.45) is 5.51. The zero-order chi connectivity index (χ0) is 59.9. The fraction of sp³-hybridized carbons (Fsp3) is 0.0602. The molecule has 0 spiro atoms. The molecule has 1 atom stereocenters. The Balaban J connectivity index is 0.865. The maximum Gasteiger partial charge on any atom is 0.128 e. The molecular formula is C83H64N2O3. The molecule has 0 saturated heterocycles. The average molecular weight is 1140 g/mol. The third-order valence-corrected chi connectivity index (χ3v) is 17.1. The number of hydrogen-bond donors (Lipinski definition) is 0. The van der Waals surface area contributed by atoms with Crippen LogP contribution in [-0.2, 0) is 10.8 Å². The molecule has 1 heterocycles. The van der Waals surface area contributed by atoms with Gasteiger partial charge in [0, 0.05) is 33.5 Å². The van der Waals surface area contributed by atoms with Crippen LogP contribution in [0.4, 0.5) is 17.1 Å². The van der Waals surface area contributed by atoms with Gasteiger partial charge >= 0.3 is 0 Å². The van der Waals surface area contributed by atoms with Gasteiger partial charge in [0.1, 0.15) is 34.5 Å². The molecule has 1 unspecified atom stereocenters. The number of ether oxygens (including phenoxy) is 3. The topological polar surface area (TPSA) is 35.9 Å². The third-order valence-electron chi connectivity index (χ3n) is 17.1. The van der Waals surface area contributed by atoms with Gasteiger partial charge in [0.25, 0.3) is 0 Å². The monoisotopic (exact) mass is 1140 g/mol. The first-order valence-electron chi connectivity index (χ1n) is 29.9. The van der Waals surface area contributed by atoms with Crippen LogP contribution >= 0.6 is 0 Å². The van der Waals surface area contributed by atoms with E-state index in [4.69, 9.17) is 14.2 Å². The first-order valence-corrected chi connectivity index (χ1v) is 29.9. The van der Waals surface area contributed by atoms with Gasteiger partial charge in [0.05, 0.1) is 16.4 Å². The molecule has 12 aromatic carbocycles. The maximum absolute atomic E-state index is 6.53. The van der Waals surface area contributed by atoms with Gasteiger partial charge in [-0.05, 0) is 212 Å². The number of benzene rings is 12. The maximum atomic E-state index is 6.53. The van der Waals surface area contributed by atoms with Gasteiger partial charge < -0.3 is 23.7 Å². The molecular weight excluding hydrogens is 1070 g/mol. The van der Waals surface area contributed by atoms with E-state index in [0.29, 0.717) is 0 Å². The van der Waals surface area contributed by atoms with Crippen LogP contribution in [0.25, 0.3) is 68.0 Å². The Labute approximate surface area is 515 Å². The zero-order valence-corrected chi connectivity index (χ0v) is 49.5. The molecule has 5 nitrogen and oxygen atoms in total. The van der Waals surface area contributed by atoms with Crippen LogP contribution in [0.15, 0.2) is 299 Å². The smallest absolute Gasteiger partial charge is 0.128 e. The van der Waals surface area contributed by atoms with Gasteiger partial charge in [0.15, 0.2) is 0 Å². The Hall–Kier alpha value is -11.1. The van der Waals surface area contributed by atoms with Gasteiger partial charge in [0.2, 0.25) is 0 Å². The van der Waals surface area contributed by atoms with Gasteiger partial charge in [-0.1, -0.05) is 198 Å². The molecule has 88 heavy (non-hydrogen) atoms. The normalized spacial score (nSPS) is 13.4. The van der Waals surface area contributed by atoms with Crippen molar-refractivity contribution in [1.82, 2.24) is 4.57 Å². The Bertz CT molecular complexity index is 4730. The summed E-state index contributed by atoms with van der Waals surface area (Å²) < 4.78 is 21.6. The highest BCUT2D eigenvalue weighted by atomic mass is 16.5. The summed E-state index contributed by atoms with van der Waals surface area (Å²) in [5.41, 5.74) is 19.4. The van der Waals surface area contributed by atoms with E-state index < -0.39 is 5.41 Å². The predicted molar refractivity (Wildman–Crippen MR) is 367 cm³/mol. The molecule has 5 heteroatoms. The number of hydrogen-bond acceptors (Lipinski definition) is 4. The standard InChI is InChI=1S/C83H64N2O3/c1-7-56-19-39-68(40-20-56)86-71-45-30-63(31-46-71)83(62-15-11-10-12-16-62)78-18-14-13-17-74(78)75-50-38-67(54-79(75)83)84(65-34-28-61(29-35-65)82(4,5)6)64-32-25-59(26-33-64)60-27-51-80-76(53-60)77-55-73(88-70-43-23-58(9-3)24-44-70)49-52-81(77)85(80)66-36-47-72(48-37-66)87-69-41-21-57(8-2)22-42-69/h7-55H,1-3H2,4-6H3. The molecule has 0 amide bonds. The molecule has 0 radical (unpaired) electrons. The Morgan fingerprint density at radius 1 is 0.364 bits per heavy atom. The highest BCUT2D eigenvalue weighted by Gasteiger charge is 2.46. The SMILES string of the molecule is C=Cc1ccc(Oc2ccc(-n3c4ccc(Oc5ccc(C=C)cc5)cc4c4cc(-c5ccc(N(c6ccc(C(C)(C)C)cc6)c6ccc7c(c6)C(c6ccccc6)(c6ccc(Oc8ccc(C=C)cc8)cc6)c6ccccc6-7)cc5)ccc43)cc2)cc1. The summed E-state index contributed by atoms with van der Waals surface area (Å²) in [6.45, 7) is 18.5. The van der Waals surface area contributed by atoms with Crippen LogP contribution in [0.5, 0.6) is 34.5 Å². The molecule has 1 aromatic heterocycles. The first kappa shape index (κ1) is 54.8. The molecule has 0 fully saturated rings. The molecule has 1 aliphatic carbocycles. The lowest BCUT2D eigenvalue weighted by Gasteiger charge is -2.35. The van der Waals surface area contributed by atoms with E-state index in [1.165, 1.54) is 33.4 Å². The van der Waals surface area contributed by atoms with Gasteiger partial charge in [-0.25, -0.2) is 0 Å². The van der Waals surface area contributed by atoms with Gasteiger partial charge in [-0.3, -0.25) is 0 Å². The number of fused-ring (bicyclic) bond motifs is 6. The summed E-state index contributed by atoms with van der Waals surface area (Å²) in [6, 6.07) is 99.1. The van der Waals surface area contributed by atoms with Crippen molar-refractivity contribution in [3.63, 3.8) is 0 Å². The second-order valence-corrected chi connectivity index (χ2v) is 23.5. The number of rotatable bonds is 16. The second kappa shape index (κ2) is 22.7. The lowest BCUT2D eigenvalue weighted by Crippen LogP contribution is -2.28.